The summed E-state index contributed by atoms with van der Waals surface area (Å²) in [5.74, 6) is 0. The first kappa shape index (κ1) is 15.8. The van der Waals surface area contributed by atoms with Crippen LogP contribution in [0.3, 0.4) is 0 Å². The molecular formula is C24H19N2O+. The van der Waals surface area contributed by atoms with Crippen LogP contribution in [0.2, 0.25) is 0 Å². The molecule has 0 unspecified atom stereocenters. The van der Waals surface area contributed by atoms with Crippen LogP contribution in [0, 0.1) is 6.92 Å². The highest BCUT2D eigenvalue weighted by Crippen LogP contribution is 2.33. The van der Waals surface area contributed by atoms with E-state index in [0.717, 1.165) is 27.6 Å². The van der Waals surface area contributed by atoms with Gasteiger partial charge >= 0.3 is 0 Å². The molecule has 130 valence electrons. The highest BCUT2D eigenvalue weighted by molar-refractivity contribution is 6.06. The van der Waals surface area contributed by atoms with E-state index < -0.39 is 0 Å². The van der Waals surface area contributed by atoms with Crippen LogP contribution in [0.15, 0.2) is 83.4 Å². The average Bonchev–Trinajstić information content (AvgIpc) is 3.06. The second-order valence-corrected chi connectivity index (χ2v) is 6.87. The van der Waals surface area contributed by atoms with Gasteiger partial charge in [0.25, 0.3) is 0 Å². The molecule has 2 heterocycles. The molecule has 0 radical (unpaired) electrons. The van der Waals surface area contributed by atoms with Gasteiger partial charge in [0.1, 0.15) is 11.2 Å². The monoisotopic (exact) mass is 351 g/mol. The van der Waals surface area contributed by atoms with Crippen molar-refractivity contribution in [3.05, 3.63) is 84.6 Å². The van der Waals surface area contributed by atoms with Crippen LogP contribution >= 0.6 is 0 Å². The van der Waals surface area contributed by atoms with Crippen molar-refractivity contribution >= 4 is 21.9 Å². The van der Waals surface area contributed by atoms with E-state index in [1.165, 1.54) is 22.3 Å². The molecule has 0 N–H and O–H groups in total. The minimum atomic E-state index is 0.927. The van der Waals surface area contributed by atoms with Gasteiger partial charge < -0.3 is 4.42 Å². The van der Waals surface area contributed by atoms with E-state index in [9.17, 15) is 0 Å². The molecule has 27 heavy (non-hydrogen) atoms. The third-order valence-corrected chi connectivity index (χ3v) is 5.14. The highest BCUT2D eigenvalue weighted by Gasteiger charge is 2.14. The molecular weight excluding hydrogens is 332 g/mol. The predicted molar refractivity (Wildman–Crippen MR) is 108 cm³/mol. The molecule has 5 rings (SSSR count). The minimum absolute atomic E-state index is 0.927. The van der Waals surface area contributed by atoms with Crippen molar-refractivity contribution in [1.82, 2.24) is 5.10 Å². The van der Waals surface area contributed by atoms with Gasteiger partial charge in [-0.2, -0.15) is 0 Å². The van der Waals surface area contributed by atoms with Crippen LogP contribution in [0.4, 0.5) is 0 Å². The van der Waals surface area contributed by atoms with Crippen molar-refractivity contribution in [2.45, 2.75) is 6.92 Å². The fraction of sp³-hybridized carbons (Fsp3) is 0.0833. The summed E-state index contributed by atoms with van der Waals surface area (Å²) in [6.45, 7) is 2.15. The Morgan fingerprint density at radius 3 is 2.41 bits per heavy atom. The molecule has 0 bridgehead atoms. The molecule has 0 aliphatic rings. The number of aryl methyl sites for hydroxylation is 2. The Hall–Kier alpha value is -3.46. The summed E-state index contributed by atoms with van der Waals surface area (Å²) in [6, 6.07) is 25.3. The van der Waals surface area contributed by atoms with Gasteiger partial charge in [-0.1, -0.05) is 41.1 Å². The Bertz CT molecular complexity index is 1300. The maximum absolute atomic E-state index is 5.95. The Morgan fingerprint density at radius 1 is 0.778 bits per heavy atom. The lowest BCUT2D eigenvalue weighted by molar-refractivity contribution is -0.720. The second kappa shape index (κ2) is 6.06. The molecule has 3 aromatic carbocycles. The Kier molecular flexibility index (Phi) is 3.54. The van der Waals surface area contributed by atoms with Gasteiger partial charge in [-0.3, -0.25) is 0 Å². The lowest BCUT2D eigenvalue weighted by atomic mass is 9.97. The normalized spacial score (nSPS) is 11.3. The van der Waals surface area contributed by atoms with Crippen LogP contribution in [0.5, 0.6) is 0 Å². The number of fused-ring (bicyclic) bond motifs is 3. The van der Waals surface area contributed by atoms with Gasteiger partial charge in [0.2, 0.25) is 5.69 Å². The third-order valence-electron chi connectivity index (χ3n) is 5.14. The summed E-state index contributed by atoms with van der Waals surface area (Å²) in [6.07, 6.45) is 1.80. The standard InChI is InChI=1S/C24H19N2O/c1-16-14-17(9-11-19(16)22-7-5-13-25-26(22)2)18-10-12-24-21(15-18)20-6-3-4-8-23(20)27-24/h3-15H,1-2H3/q+1. The van der Waals surface area contributed by atoms with E-state index in [-0.39, 0.29) is 0 Å². The van der Waals surface area contributed by atoms with E-state index in [1.54, 1.807) is 6.20 Å². The van der Waals surface area contributed by atoms with Crippen LogP contribution in [0.25, 0.3) is 44.3 Å². The molecule has 0 aliphatic carbocycles. The van der Waals surface area contributed by atoms with Crippen molar-refractivity contribution in [1.29, 1.82) is 0 Å². The van der Waals surface area contributed by atoms with Crippen molar-refractivity contribution < 1.29 is 9.10 Å². The number of hydrogen-bond donors (Lipinski definition) is 0. The third kappa shape index (κ3) is 2.59. The summed E-state index contributed by atoms with van der Waals surface area (Å²) in [7, 11) is 1.97. The molecule has 0 saturated heterocycles. The van der Waals surface area contributed by atoms with Crippen molar-refractivity contribution in [3.63, 3.8) is 0 Å². The van der Waals surface area contributed by atoms with Gasteiger partial charge in [-0.15, -0.1) is 0 Å². The number of rotatable bonds is 2. The van der Waals surface area contributed by atoms with Crippen molar-refractivity contribution in [3.8, 4) is 22.4 Å². The molecule has 0 fully saturated rings. The predicted octanol–water partition coefficient (Wildman–Crippen LogP) is 5.45. The second-order valence-electron chi connectivity index (χ2n) is 6.87. The maximum Gasteiger partial charge on any atom is 0.239 e. The van der Waals surface area contributed by atoms with Crippen molar-refractivity contribution in [2.24, 2.45) is 7.05 Å². The Labute approximate surface area is 157 Å². The summed E-state index contributed by atoms with van der Waals surface area (Å²) < 4.78 is 7.86. The number of para-hydroxylation sites is 1. The molecule has 5 aromatic rings. The topological polar surface area (TPSA) is 29.9 Å². The van der Waals surface area contributed by atoms with Gasteiger partial charge in [0.05, 0.1) is 11.8 Å². The summed E-state index contributed by atoms with van der Waals surface area (Å²) >= 11 is 0. The molecule has 2 aromatic heterocycles. The smallest absolute Gasteiger partial charge is 0.239 e. The molecule has 3 heteroatoms. The fourth-order valence-corrected chi connectivity index (χ4v) is 3.74. The SMILES string of the molecule is Cc1cc(-c2ccc3oc4ccccc4c3c2)ccc1-c1cccn[n+]1C. The number of furan rings is 1. The number of benzene rings is 3. The molecule has 0 atom stereocenters. The maximum atomic E-state index is 5.95. The summed E-state index contributed by atoms with van der Waals surface area (Å²) in [4.78, 5) is 0. The highest BCUT2D eigenvalue weighted by atomic mass is 16.3. The fourth-order valence-electron chi connectivity index (χ4n) is 3.74. The van der Waals surface area contributed by atoms with Crippen LogP contribution in [0.1, 0.15) is 5.56 Å². The lowest BCUT2D eigenvalue weighted by Crippen LogP contribution is -2.35. The van der Waals surface area contributed by atoms with E-state index in [1.807, 2.05) is 29.9 Å². The first-order valence-corrected chi connectivity index (χ1v) is 9.05. The quantitative estimate of drug-likeness (QED) is 0.396. The number of hydrogen-bond acceptors (Lipinski definition) is 2. The van der Waals surface area contributed by atoms with Gasteiger partial charge in [0, 0.05) is 16.8 Å². The molecule has 0 saturated carbocycles. The summed E-state index contributed by atoms with van der Waals surface area (Å²) in [5, 5.41) is 6.65. The van der Waals surface area contributed by atoms with Crippen molar-refractivity contribution in [2.75, 3.05) is 0 Å². The zero-order valence-corrected chi connectivity index (χ0v) is 15.3. The van der Waals surface area contributed by atoms with E-state index in [2.05, 4.69) is 66.6 Å². The van der Waals surface area contributed by atoms with Gasteiger partial charge in [0.15, 0.2) is 7.05 Å². The average molecular weight is 351 g/mol. The summed E-state index contributed by atoms with van der Waals surface area (Å²) in [5.41, 5.74) is 7.79. The number of aromatic nitrogens is 2. The minimum Gasteiger partial charge on any atom is -0.456 e. The zero-order valence-electron chi connectivity index (χ0n) is 15.3. The van der Waals surface area contributed by atoms with Crippen LogP contribution < -0.4 is 4.68 Å². The largest absolute Gasteiger partial charge is 0.456 e. The lowest BCUT2D eigenvalue weighted by Gasteiger charge is -2.07. The molecule has 3 nitrogen and oxygen atoms in total. The van der Waals surface area contributed by atoms with E-state index in [4.69, 9.17) is 4.42 Å². The van der Waals surface area contributed by atoms with Gasteiger partial charge in [-0.25, -0.2) is 0 Å². The Balaban J connectivity index is 1.63. The van der Waals surface area contributed by atoms with E-state index >= 15 is 0 Å². The molecule has 0 amide bonds. The molecule has 0 spiro atoms. The van der Waals surface area contributed by atoms with Crippen LogP contribution in [-0.2, 0) is 7.05 Å². The zero-order chi connectivity index (χ0) is 18.4. The first-order chi connectivity index (χ1) is 13.2. The van der Waals surface area contributed by atoms with Gasteiger partial charge in [-0.05, 0) is 59.0 Å². The Morgan fingerprint density at radius 2 is 1.56 bits per heavy atom. The van der Waals surface area contributed by atoms with E-state index in [0.29, 0.717) is 0 Å². The number of nitrogens with zero attached hydrogens (tertiary/aromatic N) is 2. The first-order valence-electron chi connectivity index (χ1n) is 9.05. The molecule has 0 aliphatic heterocycles. The van der Waals surface area contributed by atoms with Crippen LogP contribution in [-0.4, -0.2) is 5.10 Å².